The van der Waals surface area contributed by atoms with E-state index >= 15 is 0 Å². The second-order valence-corrected chi connectivity index (χ2v) is 17.9. The van der Waals surface area contributed by atoms with Crippen LogP contribution in [0, 0.1) is 11.8 Å². The van der Waals surface area contributed by atoms with Crippen molar-refractivity contribution in [3.63, 3.8) is 0 Å². The van der Waals surface area contributed by atoms with Crippen molar-refractivity contribution in [1.82, 2.24) is 25.1 Å². The van der Waals surface area contributed by atoms with Crippen molar-refractivity contribution in [1.29, 1.82) is 0 Å². The number of rotatable bonds is 8. The average molecular weight is 793 g/mol. The quantitative estimate of drug-likeness (QED) is 0.211. The first-order chi connectivity index (χ1) is 27.7. The highest BCUT2D eigenvalue weighted by Gasteiger charge is 2.44. The minimum absolute atomic E-state index is 0.0362. The largest absolute Gasteiger partial charge is 0.488 e. The summed E-state index contributed by atoms with van der Waals surface area (Å²) in [6, 6.07) is 9.86. The van der Waals surface area contributed by atoms with Gasteiger partial charge in [-0.05, 0) is 130 Å². The molecule has 1 aliphatic carbocycles. The number of aliphatic hydroxyl groups is 1. The summed E-state index contributed by atoms with van der Waals surface area (Å²) >= 11 is 0. The second-order valence-electron chi connectivity index (χ2n) is 17.9. The molecule has 5 atom stereocenters. The molecular weight excluding hydrogens is 737 g/mol. The van der Waals surface area contributed by atoms with Crippen LogP contribution in [-0.2, 0) is 27.3 Å². The van der Waals surface area contributed by atoms with E-state index in [1.165, 1.54) is 23.8 Å². The Kier molecular flexibility index (Phi) is 10.6. The number of H-pyrrole nitrogens is 1. The third-order valence-electron chi connectivity index (χ3n) is 12.4. The number of aromatic amines is 1. The van der Waals surface area contributed by atoms with Gasteiger partial charge in [0, 0.05) is 42.6 Å². The van der Waals surface area contributed by atoms with Crippen molar-refractivity contribution in [2.24, 2.45) is 16.8 Å². The van der Waals surface area contributed by atoms with Crippen LogP contribution in [0.3, 0.4) is 0 Å². The first-order valence-electron chi connectivity index (χ1n) is 20.8. The number of carbonyl (C=O) groups excluding carboxylic acids is 3. The third-order valence-corrected chi connectivity index (χ3v) is 12.4. The molecule has 2 aromatic carbocycles. The highest BCUT2D eigenvalue weighted by Crippen LogP contribution is 2.47. The molecular formula is C45H56N6O7. The van der Waals surface area contributed by atoms with Gasteiger partial charge in [-0.25, -0.2) is 14.6 Å². The molecule has 5 aliphatic rings. The summed E-state index contributed by atoms with van der Waals surface area (Å²) in [6.07, 6.45) is 6.26. The van der Waals surface area contributed by atoms with Gasteiger partial charge >= 0.3 is 12.2 Å². The Hall–Kier alpha value is -5.17. The van der Waals surface area contributed by atoms with Gasteiger partial charge in [0.25, 0.3) is 0 Å². The lowest BCUT2D eigenvalue weighted by Gasteiger charge is -2.34. The molecule has 0 bridgehead atoms. The third kappa shape index (κ3) is 7.49. The van der Waals surface area contributed by atoms with E-state index in [0.29, 0.717) is 38.2 Å². The van der Waals surface area contributed by atoms with Crippen LogP contribution in [0.25, 0.3) is 28.0 Å². The van der Waals surface area contributed by atoms with Crippen molar-refractivity contribution in [2.45, 2.75) is 123 Å². The van der Waals surface area contributed by atoms with Gasteiger partial charge in [-0.3, -0.25) is 14.7 Å². The lowest BCUT2D eigenvalue weighted by Crippen LogP contribution is -2.55. The molecule has 2 saturated heterocycles. The molecule has 2 fully saturated rings. The number of aliphatic hydroxyl groups excluding tert-OH is 1. The molecule has 13 heteroatoms. The van der Waals surface area contributed by atoms with E-state index < -0.39 is 17.7 Å². The van der Waals surface area contributed by atoms with Crippen molar-refractivity contribution in [3.05, 3.63) is 64.7 Å². The summed E-state index contributed by atoms with van der Waals surface area (Å²) in [4.78, 5) is 56.5. The molecule has 0 spiro atoms. The molecule has 5 heterocycles. The summed E-state index contributed by atoms with van der Waals surface area (Å²) in [5.41, 5.74) is 10.3. The Morgan fingerprint density at radius 3 is 2.60 bits per heavy atom. The van der Waals surface area contributed by atoms with Crippen LogP contribution in [0.5, 0.6) is 5.75 Å². The number of aryl methyl sites for hydroxylation is 1. The monoisotopic (exact) mass is 792 g/mol. The number of nitrogens with one attached hydrogen (secondary N) is 2. The van der Waals surface area contributed by atoms with Gasteiger partial charge in [-0.1, -0.05) is 26.0 Å². The maximum Gasteiger partial charge on any atom is 0.410 e. The van der Waals surface area contributed by atoms with Gasteiger partial charge in [0.15, 0.2) is 0 Å². The molecule has 1 aromatic heterocycles. The molecule has 3 N–H and O–H groups in total. The molecule has 3 aromatic rings. The van der Waals surface area contributed by atoms with Crippen LogP contribution in [0.1, 0.15) is 109 Å². The lowest BCUT2D eigenvalue weighted by atomic mass is 9.83. The van der Waals surface area contributed by atoms with Gasteiger partial charge in [0.2, 0.25) is 5.91 Å². The number of ether oxygens (including phenoxy) is 3. The highest BCUT2D eigenvalue weighted by molar-refractivity contribution is 6.06. The van der Waals surface area contributed by atoms with E-state index in [9.17, 15) is 19.5 Å². The maximum atomic E-state index is 14.0. The van der Waals surface area contributed by atoms with Crippen LogP contribution in [0.15, 0.2) is 47.2 Å². The predicted molar refractivity (Wildman–Crippen MR) is 220 cm³/mol. The Morgan fingerprint density at radius 2 is 1.86 bits per heavy atom. The van der Waals surface area contributed by atoms with E-state index in [1.54, 1.807) is 4.90 Å². The Morgan fingerprint density at radius 1 is 1.05 bits per heavy atom. The average Bonchev–Trinajstić information content (AvgIpc) is 4.00. The molecule has 0 radical (unpaired) electrons. The number of fused-ring (bicyclic) bond motifs is 5. The van der Waals surface area contributed by atoms with E-state index in [4.69, 9.17) is 24.2 Å². The number of alkyl carbamates (subject to hydrolysis) is 1. The number of allylic oxidation sites excluding steroid dienone is 2. The number of hydrogen-bond donors (Lipinski definition) is 3. The number of benzene rings is 2. The van der Waals surface area contributed by atoms with Crippen molar-refractivity contribution < 1.29 is 33.7 Å². The Balaban J connectivity index is 0.998. The van der Waals surface area contributed by atoms with Crippen LogP contribution >= 0.6 is 0 Å². The number of imidazole rings is 1. The minimum atomic E-state index is -0.681. The first kappa shape index (κ1) is 39.6. The molecule has 58 heavy (non-hydrogen) atoms. The first-order valence-corrected chi connectivity index (χ1v) is 20.8. The van der Waals surface area contributed by atoms with E-state index in [1.807, 2.05) is 45.7 Å². The number of aromatic nitrogens is 2. The number of methoxy groups -OCH3 is 1. The zero-order chi connectivity index (χ0) is 41.0. The zero-order valence-corrected chi connectivity index (χ0v) is 34.7. The maximum absolute atomic E-state index is 14.0. The van der Waals surface area contributed by atoms with Gasteiger partial charge in [0.1, 0.15) is 29.8 Å². The fourth-order valence-corrected chi connectivity index (χ4v) is 9.50. The van der Waals surface area contributed by atoms with Crippen molar-refractivity contribution in [3.8, 4) is 28.1 Å². The van der Waals surface area contributed by atoms with Crippen LogP contribution in [-0.4, -0.2) is 92.7 Å². The number of carbonyl (C=O) groups is 3. The molecule has 308 valence electrons. The zero-order valence-electron chi connectivity index (χ0n) is 34.7. The second kappa shape index (κ2) is 15.5. The van der Waals surface area contributed by atoms with E-state index in [-0.39, 0.29) is 48.6 Å². The normalized spacial score (nSPS) is 22.8. The molecule has 8 rings (SSSR count). The predicted octanol–water partition coefficient (Wildman–Crippen LogP) is 7.58. The number of nitrogens with zero attached hydrogens (tertiary/aromatic N) is 4. The van der Waals surface area contributed by atoms with Gasteiger partial charge in [-0.15, -0.1) is 0 Å². The molecule has 13 nitrogen and oxygen atoms in total. The van der Waals surface area contributed by atoms with Gasteiger partial charge < -0.3 is 34.5 Å². The van der Waals surface area contributed by atoms with Crippen molar-refractivity contribution in [2.75, 3.05) is 20.3 Å². The fraction of sp³-hybridized carbons (Fsp3) is 0.533. The minimum Gasteiger partial charge on any atom is -0.488 e. The Bertz CT molecular complexity index is 2180. The van der Waals surface area contributed by atoms with Crippen LogP contribution in [0.4, 0.5) is 9.59 Å². The molecule has 0 saturated carbocycles. The smallest absolute Gasteiger partial charge is 0.410 e. The van der Waals surface area contributed by atoms with Gasteiger partial charge in [0.05, 0.1) is 31.1 Å². The SMILES string of the molecule is COC(=O)N[C@H](C(=O)N1[C@@H](C)CC[C@H]1C1=NC2=C(C1)c1cc3c(cc1CC2)-c1ccc(-c2cnc([C@@H]4C[C@H](CCO)CN4C(=O)OC(C)(C)C)[nH]2)cc1CO3)C(C)C. The fourth-order valence-electron chi connectivity index (χ4n) is 9.50. The summed E-state index contributed by atoms with van der Waals surface area (Å²) < 4.78 is 17.1. The van der Waals surface area contributed by atoms with Crippen molar-refractivity contribution >= 4 is 29.4 Å². The number of aliphatic imine (C=N–C) groups is 1. The molecule has 4 aliphatic heterocycles. The van der Waals surface area contributed by atoms with Crippen LogP contribution in [0.2, 0.25) is 0 Å². The standard InChI is InChI=1S/C45H56N6O7/c1-24(2)40(49-43(54)56-7)42(53)51-25(3)8-13-37(51)35-19-32-31-20-39-33(18-27(31)10-12-34(32)47-35)30-11-9-28(17-29(30)23-57-39)36-21-46-41(48-36)38-16-26(14-15-52)22-50(38)44(55)58-45(4,5)6/h9,11,17-18,20-21,24-26,37-38,40,52H,8,10,12-16,19,22-23H2,1-7H3,(H,46,48)(H,49,54)/t25-,26-,37-,38-,40-/m0/s1. The topological polar surface area (TPSA) is 159 Å². The lowest BCUT2D eigenvalue weighted by molar-refractivity contribution is -0.135. The highest BCUT2D eigenvalue weighted by atomic mass is 16.6. The molecule has 0 unspecified atom stereocenters. The van der Waals surface area contributed by atoms with E-state index in [2.05, 4.69) is 47.6 Å². The molecule has 3 amide bonds. The summed E-state index contributed by atoms with van der Waals surface area (Å²) in [5.74, 6) is 1.53. The van der Waals surface area contributed by atoms with E-state index in [0.717, 1.165) is 70.8 Å². The summed E-state index contributed by atoms with van der Waals surface area (Å²) in [6.45, 7) is 12.5. The number of amides is 3. The van der Waals surface area contributed by atoms with Gasteiger partial charge in [-0.2, -0.15) is 0 Å². The van der Waals surface area contributed by atoms with Crippen LogP contribution < -0.4 is 10.1 Å². The summed E-state index contributed by atoms with van der Waals surface area (Å²) in [7, 11) is 1.31. The number of hydrogen-bond acceptors (Lipinski definition) is 9. The Labute approximate surface area is 340 Å². The number of likely N-dealkylation sites (tertiary alicyclic amines) is 2. The summed E-state index contributed by atoms with van der Waals surface area (Å²) in [5, 5.41) is 12.4.